The molecule has 8 heteroatoms. The topological polar surface area (TPSA) is 117 Å². The molecule has 2 heterocycles. The molecule has 0 bridgehead atoms. The van der Waals surface area contributed by atoms with Crippen LogP contribution in [0.1, 0.15) is 21.9 Å². The Labute approximate surface area is 141 Å². The quantitative estimate of drug-likeness (QED) is 0.651. The lowest BCUT2D eigenvalue weighted by molar-refractivity contribution is -0.122. The van der Waals surface area contributed by atoms with Crippen molar-refractivity contribution < 1.29 is 28.7 Å². The third kappa shape index (κ3) is 3.05. The van der Waals surface area contributed by atoms with Crippen LogP contribution in [-0.2, 0) is 9.59 Å². The third-order valence-electron chi connectivity index (χ3n) is 3.52. The number of anilines is 1. The van der Waals surface area contributed by atoms with E-state index in [1.807, 2.05) is 0 Å². The zero-order valence-corrected chi connectivity index (χ0v) is 13.0. The van der Waals surface area contributed by atoms with Crippen LogP contribution in [0.25, 0.3) is 6.08 Å². The Hall–Kier alpha value is -3.68. The third-order valence-corrected chi connectivity index (χ3v) is 3.52. The molecule has 1 fully saturated rings. The summed E-state index contributed by atoms with van der Waals surface area (Å²) < 4.78 is 5.32. The summed E-state index contributed by atoms with van der Waals surface area (Å²) in [5, 5.41) is 11.0. The fraction of sp³-hybridized carbons (Fsp3) is 0.0588. The number of imide groups is 2. The first-order chi connectivity index (χ1) is 11.9. The maximum atomic E-state index is 12.6. The van der Waals surface area contributed by atoms with Gasteiger partial charge < -0.3 is 9.52 Å². The van der Waals surface area contributed by atoms with Crippen LogP contribution in [0.2, 0.25) is 0 Å². The number of nitrogens with zero attached hydrogens (tertiary/aromatic N) is 1. The average molecular weight is 340 g/mol. The lowest BCUT2D eigenvalue weighted by Gasteiger charge is -2.26. The predicted molar refractivity (Wildman–Crippen MR) is 85.8 cm³/mol. The zero-order chi connectivity index (χ0) is 18.1. The van der Waals surface area contributed by atoms with E-state index in [0.29, 0.717) is 11.5 Å². The minimum atomic E-state index is -1.13. The van der Waals surface area contributed by atoms with E-state index in [9.17, 15) is 19.2 Å². The molecule has 1 saturated heterocycles. The van der Waals surface area contributed by atoms with Gasteiger partial charge in [-0.2, -0.15) is 0 Å². The normalized spacial score (nSPS) is 16.3. The number of amides is 4. The van der Waals surface area contributed by atoms with Gasteiger partial charge in [0, 0.05) is 0 Å². The van der Waals surface area contributed by atoms with Gasteiger partial charge in [-0.3, -0.25) is 14.9 Å². The number of carbonyl (C=O) groups excluding carboxylic acids is 3. The van der Waals surface area contributed by atoms with Crippen molar-refractivity contribution in [2.45, 2.75) is 6.92 Å². The van der Waals surface area contributed by atoms with Gasteiger partial charge in [0.15, 0.2) is 0 Å². The van der Waals surface area contributed by atoms with Crippen molar-refractivity contribution in [1.82, 2.24) is 5.32 Å². The van der Waals surface area contributed by atoms with Crippen LogP contribution in [0.4, 0.5) is 10.5 Å². The zero-order valence-electron chi connectivity index (χ0n) is 13.0. The molecule has 2 N–H and O–H groups in total. The number of furan rings is 1. The maximum absolute atomic E-state index is 12.6. The SMILES string of the molecule is Cc1ccc(/C=C2/C(=O)NC(=O)N(c3ccc(C(=O)O)cc3)C2=O)o1. The van der Waals surface area contributed by atoms with Crippen LogP contribution >= 0.6 is 0 Å². The summed E-state index contributed by atoms with van der Waals surface area (Å²) in [7, 11) is 0. The highest BCUT2D eigenvalue weighted by atomic mass is 16.4. The summed E-state index contributed by atoms with van der Waals surface area (Å²) in [6.45, 7) is 1.71. The van der Waals surface area contributed by atoms with E-state index in [1.54, 1.807) is 19.1 Å². The number of urea groups is 1. The van der Waals surface area contributed by atoms with Crippen molar-refractivity contribution in [3.8, 4) is 0 Å². The van der Waals surface area contributed by atoms with Gasteiger partial charge in [0.05, 0.1) is 11.3 Å². The van der Waals surface area contributed by atoms with E-state index >= 15 is 0 Å². The first kappa shape index (κ1) is 16.2. The van der Waals surface area contributed by atoms with Gasteiger partial charge >= 0.3 is 12.0 Å². The molecule has 1 aromatic carbocycles. The average Bonchev–Trinajstić information content (AvgIpc) is 2.97. The van der Waals surface area contributed by atoms with Gasteiger partial charge in [-0.25, -0.2) is 14.5 Å². The number of barbiturate groups is 1. The molecule has 0 radical (unpaired) electrons. The number of hydrogen-bond acceptors (Lipinski definition) is 5. The summed E-state index contributed by atoms with van der Waals surface area (Å²) in [5.41, 5.74) is -0.121. The van der Waals surface area contributed by atoms with Crippen LogP contribution < -0.4 is 10.2 Å². The number of benzene rings is 1. The Balaban J connectivity index is 1.98. The molecule has 0 spiro atoms. The van der Waals surface area contributed by atoms with Crippen molar-refractivity contribution in [1.29, 1.82) is 0 Å². The molecular weight excluding hydrogens is 328 g/mol. The largest absolute Gasteiger partial charge is 0.478 e. The fourth-order valence-electron chi connectivity index (χ4n) is 2.32. The minimum absolute atomic E-state index is 0.00604. The van der Waals surface area contributed by atoms with Crippen molar-refractivity contribution in [2.75, 3.05) is 4.90 Å². The van der Waals surface area contributed by atoms with Crippen LogP contribution in [0, 0.1) is 6.92 Å². The second-order valence-corrected chi connectivity index (χ2v) is 5.26. The Bertz CT molecular complexity index is 923. The van der Waals surface area contributed by atoms with Crippen molar-refractivity contribution in [3.05, 3.63) is 59.1 Å². The summed E-state index contributed by atoms with van der Waals surface area (Å²) in [5.74, 6) is -1.89. The van der Waals surface area contributed by atoms with Crippen molar-refractivity contribution in [2.24, 2.45) is 0 Å². The minimum Gasteiger partial charge on any atom is -0.478 e. The number of hydrogen-bond donors (Lipinski definition) is 2. The summed E-state index contributed by atoms with van der Waals surface area (Å²) >= 11 is 0. The maximum Gasteiger partial charge on any atom is 0.335 e. The first-order valence-electron chi connectivity index (χ1n) is 7.18. The fourth-order valence-corrected chi connectivity index (χ4v) is 2.32. The van der Waals surface area contributed by atoms with E-state index < -0.39 is 23.8 Å². The molecule has 126 valence electrons. The monoisotopic (exact) mass is 340 g/mol. The van der Waals surface area contributed by atoms with Gasteiger partial charge in [-0.05, 0) is 49.4 Å². The number of nitrogens with one attached hydrogen (secondary N) is 1. The van der Waals surface area contributed by atoms with E-state index in [0.717, 1.165) is 4.90 Å². The second kappa shape index (κ2) is 6.08. The van der Waals surface area contributed by atoms with Gasteiger partial charge in [0.2, 0.25) is 0 Å². The number of aryl methyl sites for hydroxylation is 1. The highest BCUT2D eigenvalue weighted by Crippen LogP contribution is 2.22. The smallest absolute Gasteiger partial charge is 0.335 e. The van der Waals surface area contributed by atoms with Gasteiger partial charge in [0.25, 0.3) is 11.8 Å². The van der Waals surface area contributed by atoms with E-state index in [1.165, 1.54) is 30.3 Å². The van der Waals surface area contributed by atoms with Crippen LogP contribution in [0.5, 0.6) is 0 Å². The van der Waals surface area contributed by atoms with Crippen LogP contribution in [-0.4, -0.2) is 28.9 Å². The highest BCUT2D eigenvalue weighted by Gasteiger charge is 2.37. The Morgan fingerprint density at radius 3 is 2.36 bits per heavy atom. The van der Waals surface area contributed by atoms with Crippen molar-refractivity contribution in [3.63, 3.8) is 0 Å². The Kier molecular flexibility index (Phi) is 3.94. The molecule has 8 nitrogen and oxygen atoms in total. The molecule has 0 atom stereocenters. The van der Waals surface area contributed by atoms with Gasteiger partial charge in [-0.1, -0.05) is 0 Å². The number of carboxylic acids is 1. The summed E-state index contributed by atoms with van der Waals surface area (Å²) in [6.07, 6.45) is 1.25. The summed E-state index contributed by atoms with van der Waals surface area (Å²) in [6, 6.07) is 7.49. The lowest BCUT2D eigenvalue weighted by Crippen LogP contribution is -2.54. The molecule has 0 saturated carbocycles. The molecule has 1 aromatic heterocycles. The van der Waals surface area contributed by atoms with Crippen LogP contribution in [0.15, 0.2) is 46.4 Å². The van der Waals surface area contributed by atoms with Gasteiger partial charge in [0.1, 0.15) is 17.1 Å². The highest BCUT2D eigenvalue weighted by molar-refractivity contribution is 6.39. The van der Waals surface area contributed by atoms with Crippen LogP contribution in [0.3, 0.4) is 0 Å². The summed E-state index contributed by atoms with van der Waals surface area (Å²) in [4.78, 5) is 48.3. The molecule has 0 unspecified atom stereocenters. The molecule has 3 rings (SSSR count). The van der Waals surface area contributed by atoms with E-state index in [4.69, 9.17) is 9.52 Å². The lowest BCUT2D eigenvalue weighted by atomic mass is 10.1. The molecular formula is C17H12N2O6. The molecule has 2 aromatic rings. The number of carboxylic acid groups (broad SMARTS) is 1. The Morgan fingerprint density at radius 2 is 1.80 bits per heavy atom. The molecule has 1 aliphatic rings. The molecule has 1 aliphatic heterocycles. The predicted octanol–water partition coefficient (Wildman–Crippen LogP) is 1.95. The second-order valence-electron chi connectivity index (χ2n) is 5.26. The molecule has 4 amide bonds. The van der Waals surface area contributed by atoms with E-state index in [-0.39, 0.29) is 16.8 Å². The number of carbonyl (C=O) groups is 4. The van der Waals surface area contributed by atoms with Crippen molar-refractivity contribution >= 4 is 35.6 Å². The molecule has 0 aliphatic carbocycles. The standard InChI is InChI=1S/C17H12N2O6/c1-9-2-7-12(25-9)8-13-14(20)18-17(24)19(15(13)21)11-5-3-10(4-6-11)16(22)23/h2-8H,1H3,(H,22,23)(H,18,20,24)/b13-8-. The Morgan fingerprint density at radius 1 is 1.12 bits per heavy atom. The number of aromatic carboxylic acids is 1. The number of rotatable bonds is 3. The van der Waals surface area contributed by atoms with E-state index in [2.05, 4.69) is 5.32 Å². The molecule has 25 heavy (non-hydrogen) atoms. The first-order valence-corrected chi connectivity index (χ1v) is 7.18. The van der Waals surface area contributed by atoms with Gasteiger partial charge in [-0.15, -0.1) is 0 Å².